The number of nitrogens with one attached hydrogen (secondary N) is 1. The van der Waals surface area contributed by atoms with Crippen LogP contribution < -0.4 is 10.1 Å². The second-order valence-corrected chi connectivity index (χ2v) is 4.06. The van der Waals surface area contributed by atoms with E-state index < -0.39 is 0 Å². The normalized spacial score (nSPS) is 10.7. The number of hydrogen-bond donors (Lipinski definition) is 1. The summed E-state index contributed by atoms with van der Waals surface area (Å²) >= 11 is 0. The van der Waals surface area contributed by atoms with Crippen molar-refractivity contribution in [2.24, 2.45) is 0 Å². The second-order valence-electron chi connectivity index (χ2n) is 4.06. The highest BCUT2D eigenvalue weighted by Crippen LogP contribution is 2.12. The average Bonchev–Trinajstić information content (AvgIpc) is 2.25. The van der Waals surface area contributed by atoms with E-state index in [9.17, 15) is 0 Å². The Hall–Kier alpha value is -1.02. The molecule has 0 heterocycles. The molecule has 0 bridgehead atoms. The van der Waals surface area contributed by atoms with Crippen LogP contribution in [0.1, 0.15) is 25.8 Å². The molecule has 2 nitrogen and oxygen atoms in total. The molecule has 15 heavy (non-hydrogen) atoms. The van der Waals surface area contributed by atoms with Gasteiger partial charge in [0, 0.05) is 6.04 Å². The largest absolute Gasteiger partial charge is 0.497 e. The third-order valence-electron chi connectivity index (χ3n) is 2.35. The Morgan fingerprint density at radius 1 is 1.20 bits per heavy atom. The van der Waals surface area contributed by atoms with Gasteiger partial charge in [0.25, 0.3) is 0 Å². The highest BCUT2D eigenvalue weighted by molar-refractivity contribution is 5.27. The summed E-state index contributed by atoms with van der Waals surface area (Å²) in [5.74, 6) is 0.930. The molecule has 0 spiro atoms. The molecule has 0 aromatic heterocycles. The molecule has 1 N–H and O–H groups in total. The van der Waals surface area contributed by atoms with Gasteiger partial charge in [-0.15, -0.1) is 0 Å². The summed E-state index contributed by atoms with van der Waals surface area (Å²) in [5.41, 5.74) is 1.38. The van der Waals surface area contributed by atoms with Crippen molar-refractivity contribution >= 4 is 0 Å². The minimum absolute atomic E-state index is 0.584. The summed E-state index contributed by atoms with van der Waals surface area (Å²) in [6.45, 7) is 5.43. The second kappa shape index (κ2) is 6.46. The van der Waals surface area contributed by atoms with E-state index in [1.165, 1.54) is 12.0 Å². The molecule has 0 unspecified atom stereocenters. The Labute approximate surface area is 92.6 Å². The van der Waals surface area contributed by atoms with Gasteiger partial charge in [-0.25, -0.2) is 0 Å². The lowest BCUT2D eigenvalue weighted by Crippen LogP contribution is -2.23. The maximum Gasteiger partial charge on any atom is 0.118 e. The quantitative estimate of drug-likeness (QED) is 0.724. The van der Waals surface area contributed by atoms with E-state index >= 15 is 0 Å². The van der Waals surface area contributed by atoms with Gasteiger partial charge in [0.05, 0.1) is 7.11 Å². The lowest BCUT2D eigenvalue weighted by atomic mass is 10.1. The van der Waals surface area contributed by atoms with Crippen LogP contribution in [0, 0.1) is 0 Å². The van der Waals surface area contributed by atoms with Crippen LogP contribution in [-0.4, -0.2) is 19.7 Å². The predicted molar refractivity (Wildman–Crippen MR) is 64.5 cm³/mol. The van der Waals surface area contributed by atoms with E-state index in [4.69, 9.17) is 4.74 Å². The Morgan fingerprint density at radius 3 is 2.40 bits per heavy atom. The van der Waals surface area contributed by atoms with Crippen LogP contribution in [0.2, 0.25) is 0 Å². The fraction of sp³-hybridized carbons (Fsp3) is 0.538. The van der Waals surface area contributed by atoms with Crippen molar-refractivity contribution in [3.8, 4) is 5.75 Å². The van der Waals surface area contributed by atoms with Crippen LogP contribution in [0.25, 0.3) is 0 Å². The molecular weight excluding hydrogens is 186 g/mol. The third-order valence-corrected chi connectivity index (χ3v) is 2.35. The van der Waals surface area contributed by atoms with Gasteiger partial charge >= 0.3 is 0 Å². The SMILES string of the molecule is COc1ccc(CCCNC(C)C)cc1. The highest BCUT2D eigenvalue weighted by atomic mass is 16.5. The van der Waals surface area contributed by atoms with Gasteiger partial charge in [-0.3, -0.25) is 0 Å². The van der Waals surface area contributed by atoms with Crippen molar-refractivity contribution in [1.29, 1.82) is 0 Å². The predicted octanol–water partition coefficient (Wildman–Crippen LogP) is 2.63. The monoisotopic (exact) mass is 207 g/mol. The molecule has 0 amide bonds. The van der Waals surface area contributed by atoms with E-state index in [2.05, 4.69) is 31.3 Å². The van der Waals surface area contributed by atoms with Crippen LogP contribution in [0.15, 0.2) is 24.3 Å². The van der Waals surface area contributed by atoms with E-state index in [0.717, 1.165) is 18.7 Å². The molecule has 0 radical (unpaired) electrons. The number of benzene rings is 1. The van der Waals surface area contributed by atoms with Crippen molar-refractivity contribution in [3.05, 3.63) is 29.8 Å². The number of methoxy groups -OCH3 is 1. The lowest BCUT2D eigenvalue weighted by Gasteiger charge is -2.07. The van der Waals surface area contributed by atoms with E-state index in [1.807, 2.05) is 12.1 Å². The Morgan fingerprint density at radius 2 is 1.87 bits per heavy atom. The zero-order chi connectivity index (χ0) is 11.1. The molecule has 0 fully saturated rings. The zero-order valence-corrected chi connectivity index (χ0v) is 9.92. The van der Waals surface area contributed by atoms with Crippen molar-refractivity contribution in [2.75, 3.05) is 13.7 Å². The molecule has 1 aromatic carbocycles. The standard InChI is InChI=1S/C13H21NO/c1-11(2)14-10-4-5-12-6-8-13(15-3)9-7-12/h6-9,11,14H,4-5,10H2,1-3H3. The number of rotatable bonds is 6. The maximum atomic E-state index is 5.11. The first-order valence-corrected chi connectivity index (χ1v) is 5.58. The van der Waals surface area contributed by atoms with E-state index in [-0.39, 0.29) is 0 Å². The average molecular weight is 207 g/mol. The molecule has 0 aliphatic heterocycles. The van der Waals surface area contributed by atoms with Crippen molar-refractivity contribution in [3.63, 3.8) is 0 Å². The Kier molecular flexibility index (Phi) is 5.19. The molecule has 1 rings (SSSR count). The molecule has 0 aliphatic rings. The smallest absolute Gasteiger partial charge is 0.118 e. The zero-order valence-electron chi connectivity index (χ0n) is 9.92. The molecule has 2 heteroatoms. The van der Waals surface area contributed by atoms with Crippen LogP contribution in [0.3, 0.4) is 0 Å². The minimum Gasteiger partial charge on any atom is -0.497 e. The Balaban J connectivity index is 2.25. The highest BCUT2D eigenvalue weighted by Gasteiger charge is 1.95. The van der Waals surface area contributed by atoms with Crippen molar-refractivity contribution in [1.82, 2.24) is 5.32 Å². The first-order chi connectivity index (χ1) is 7.22. The molecular formula is C13H21NO. The van der Waals surface area contributed by atoms with Gasteiger partial charge in [-0.05, 0) is 37.1 Å². The van der Waals surface area contributed by atoms with Gasteiger partial charge in [-0.1, -0.05) is 26.0 Å². The number of ether oxygens (including phenoxy) is 1. The topological polar surface area (TPSA) is 21.3 Å². The molecule has 0 aliphatic carbocycles. The lowest BCUT2D eigenvalue weighted by molar-refractivity contribution is 0.414. The number of aryl methyl sites for hydroxylation is 1. The molecule has 0 saturated heterocycles. The van der Waals surface area contributed by atoms with Crippen LogP contribution in [0.5, 0.6) is 5.75 Å². The summed E-state index contributed by atoms with van der Waals surface area (Å²) in [6.07, 6.45) is 2.31. The van der Waals surface area contributed by atoms with Gasteiger partial charge in [-0.2, -0.15) is 0 Å². The van der Waals surface area contributed by atoms with E-state index in [0.29, 0.717) is 6.04 Å². The molecule has 0 saturated carbocycles. The van der Waals surface area contributed by atoms with Crippen LogP contribution in [0.4, 0.5) is 0 Å². The number of hydrogen-bond acceptors (Lipinski definition) is 2. The maximum absolute atomic E-state index is 5.11. The first kappa shape index (κ1) is 12.1. The van der Waals surface area contributed by atoms with Gasteiger partial charge in [0.2, 0.25) is 0 Å². The van der Waals surface area contributed by atoms with Gasteiger partial charge < -0.3 is 10.1 Å². The van der Waals surface area contributed by atoms with Crippen LogP contribution >= 0.6 is 0 Å². The van der Waals surface area contributed by atoms with Crippen molar-refractivity contribution < 1.29 is 4.74 Å². The minimum atomic E-state index is 0.584. The molecule has 0 atom stereocenters. The van der Waals surface area contributed by atoms with Crippen LogP contribution in [-0.2, 0) is 6.42 Å². The summed E-state index contributed by atoms with van der Waals surface area (Å²) in [7, 11) is 1.70. The molecule has 84 valence electrons. The van der Waals surface area contributed by atoms with Gasteiger partial charge in [0.1, 0.15) is 5.75 Å². The summed E-state index contributed by atoms with van der Waals surface area (Å²) in [4.78, 5) is 0. The van der Waals surface area contributed by atoms with Gasteiger partial charge in [0.15, 0.2) is 0 Å². The van der Waals surface area contributed by atoms with E-state index in [1.54, 1.807) is 7.11 Å². The summed E-state index contributed by atoms with van der Waals surface area (Å²) < 4.78 is 5.11. The van der Waals surface area contributed by atoms with Crippen molar-refractivity contribution in [2.45, 2.75) is 32.7 Å². The molecule has 1 aromatic rings. The Bertz CT molecular complexity index is 266. The fourth-order valence-electron chi connectivity index (χ4n) is 1.48. The summed E-state index contributed by atoms with van der Waals surface area (Å²) in [6, 6.07) is 8.89. The summed E-state index contributed by atoms with van der Waals surface area (Å²) in [5, 5.41) is 3.41. The fourth-order valence-corrected chi connectivity index (χ4v) is 1.48. The first-order valence-electron chi connectivity index (χ1n) is 5.58. The third kappa shape index (κ3) is 4.84.